The zero-order chi connectivity index (χ0) is 22.8. The number of benzene rings is 2. The van der Waals surface area contributed by atoms with Crippen molar-refractivity contribution in [2.45, 2.75) is 6.92 Å². The molecule has 0 fully saturated rings. The SMILES string of the molecule is CCOc1cc(/C=C(\C#N)C(=O)Nc2ccc(OC)cc2)cc(Cl)c1OCC(=O)OC. The number of carbonyl (C=O) groups excluding carboxylic acids is 2. The third-order valence-electron chi connectivity index (χ3n) is 3.92. The number of ether oxygens (including phenoxy) is 4. The Bertz CT molecular complexity index is 1010. The lowest BCUT2D eigenvalue weighted by Gasteiger charge is -2.14. The van der Waals surface area contributed by atoms with Gasteiger partial charge in [0, 0.05) is 5.69 Å². The molecular weight excluding hydrogens is 424 g/mol. The maximum Gasteiger partial charge on any atom is 0.343 e. The van der Waals surface area contributed by atoms with Gasteiger partial charge in [0.1, 0.15) is 17.4 Å². The molecule has 0 aliphatic carbocycles. The molecule has 9 heteroatoms. The smallest absolute Gasteiger partial charge is 0.343 e. The Labute approximate surface area is 184 Å². The number of esters is 1. The van der Waals surface area contributed by atoms with E-state index in [0.717, 1.165) is 0 Å². The van der Waals surface area contributed by atoms with Gasteiger partial charge in [0.25, 0.3) is 5.91 Å². The van der Waals surface area contributed by atoms with Crippen LogP contribution < -0.4 is 19.5 Å². The summed E-state index contributed by atoms with van der Waals surface area (Å²) >= 11 is 6.28. The number of nitriles is 1. The molecule has 0 saturated heterocycles. The average molecular weight is 445 g/mol. The minimum absolute atomic E-state index is 0.141. The molecule has 2 aromatic carbocycles. The van der Waals surface area contributed by atoms with E-state index in [9.17, 15) is 14.9 Å². The molecule has 0 heterocycles. The van der Waals surface area contributed by atoms with Gasteiger partial charge in [0.2, 0.25) is 0 Å². The molecule has 0 spiro atoms. The summed E-state index contributed by atoms with van der Waals surface area (Å²) in [5.41, 5.74) is 0.810. The molecule has 0 saturated carbocycles. The van der Waals surface area contributed by atoms with E-state index in [1.165, 1.54) is 26.4 Å². The Morgan fingerprint density at radius 3 is 2.45 bits per heavy atom. The van der Waals surface area contributed by atoms with Crippen molar-refractivity contribution in [1.82, 2.24) is 0 Å². The summed E-state index contributed by atoms with van der Waals surface area (Å²) in [6.45, 7) is 1.73. The van der Waals surface area contributed by atoms with Gasteiger partial charge in [-0.05, 0) is 55.0 Å². The van der Waals surface area contributed by atoms with Crippen LogP contribution in [-0.2, 0) is 14.3 Å². The minimum Gasteiger partial charge on any atom is -0.497 e. The van der Waals surface area contributed by atoms with E-state index in [2.05, 4.69) is 10.1 Å². The molecule has 31 heavy (non-hydrogen) atoms. The van der Waals surface area contributed by atoms with Crippen molar-refractivity contribution in [1.29, 1.82) is 5.26 Å². The number of halogens is 1. The first-order valence-corrected chi connectivity index (χ1v) is 9.52. The second kappa shape index (κ2) is 11.5. The highest BCUT2D eigenvalue weighted by molar-refractivity contribution is 6.32. The lowest BCUT2D eigenvalue weighted by atomic mass is 10.1. The van der Waals surface area contributed by atoms with Crippen molar-refractivity contribution in [2.24, 2.45) is 0 Å². The monoisotopic (exact) mass is 444 g/mol. The van der Waals surface area contributed by atoms with Gasteiger partial charge in [0.05, 0.1) is 25.8 Å². The molecule has 162 valence electrons. The molecule has 1 N–H and O–H groups in total. The number of methoxy groups -OCH3 is 2. The highest BCUT2D eigenvalue weighted by Gasteiger charge is 2.16. The van der Waals surface area contributed by atoms with Gasteiger partial charge in [-0.15, -0.1) is 0 Å². The van der Waals surface area contributed by atoms with Gasteiger partial charge in [-0.1, -0.05) is 11.6 Å². The second-order valence-electron chi connectivity index (χ2n) is 5.98. The first-order valence-electron chi connectivity index (χ1n) is 9.15. The molecule has 0 aromatic heterocycles. The molecular formula is C22H21ClN2O6. The first kappa shape index (κ1) is 23.6. The fourth-order valence-corrected chi connectivity index (χ4v) is 2.73. The van der Waals surface area contributed by atoms with Gasteiger partial charge in [-0.2, -0.15) is 5.26 Å². The highest BCUT2D eigenvalue weighted by atomic mass is 35.5. The van der Waals surface area contributed by atoms with Crippen LogP contribution in [0.1, 0.15) is 12.5 Å². The Hall–Kier alpha value is -3.70. The predicted molar refractivity (Wildman–Crippen MR) is 115 cm³/mol. The summed E-state index contributed by atoms with van der Waals surface area (Å²) in [5, 5.41) is 12.2. The van der Waals surface area contributed by atoms with Gasteiger partial charge in [0.15, 0.2) is 18.1 Å². The molecule has 2 aromatic rings. The summed E-state index contributed by atoms with van der Waals surface area (Å²) < 4.78 is 20.5. The lowest BCUT2D eigenvalue weighted by Crippen LogP contribution is -2.14. The number of nitrogens with zero attached hydrogens (tertiary/aromatic N) is 1. The van der Waals surface area contributed by atoms with Crippen molar-refractivity contribution in [2.75, 3.05) is 32.8 Å². The third-order valence-corrected chi connectivity index (χ3v) is 4.20. The zero-order valence-corrected chi connectivity index (χ0v) is 18.0. The summed E-state index contributed by atoms with van der Waals surface area (Å²) in [6.07, 6.45) is 1.37. The Morgan fingerprint density at radius 2 is 1.87 bits per heavy atom. The Morgan fingerprint density at radius 1 is 1.16 bits per heavy atom. The van der Waals surface area contributed by atoms with Crippen LogP contribution in [0, 0.1) is 11.3 Å². The van der Waals surface area contributed by atoms with Crippen LogP contribution >= 0.6 is 11.6 Å². The summed E-state index contributed by atoms with van der Waals surface area (Å²) in [5.74, 6) is -0.107. The largest absolute Gasteiger partial charge is 0.497 e. The van der Waals surface area contributed by atoms with E-state index in [4.69, 9.17) is 25.8 Å². The van der Waals surface area contributed by atoms with Crippen LogP contribution in [0.4, 0.5) is 5.69 Å². The van der Waals surface area contributed by atoms with Gasteiger partial charge in [-0.3, -0.25) is 4.79 Å². The third kappa shape index (κ3) is 6.66. The van der Waals surface area contributed by atoms with Crippen LogP contribution in [0.3, 0.4) is 0 Å². The maximum atomic E-state index is 12.5. The molecule has 1 amide bonds. The highest BCUT2D eigenvalue weighted by Crippen LogP contribution is 2.37. The van der Waals surface area contributed by atoms with E-state index in [1.807, 2.05) is 6.07 Å². The summed E-state index contributed by atoms with van der Waals surface area (Å²) in [7, 11) is 2.78. The van der Waals surface area contributed by atoms with Crippen molar-refractivity contribution in [3.8, 4) is 23.3 Å². The molecule has 0 aliphatic heterocycles. The van der Waals surface area contributed by atoms with Crippen LogP contribution in [0.15, 0.2) is 42.0 Å². The predicted octanol–water partition coefficient (Wildman–Crippen LogP) is 3.84. The fourth-order valence-electron chi connectivity index (χ4n) is 2.45. The van der Waals surface area contributed by atoms with E-state index in [1.54, 1.807) is 37.3 Å². The number of amides is 1. The summed E-state index contributed by atoms with van der Waals surface area (Å²) in [4.78, 5) is 23.9. The zero-order valence-electron chi connectivity index (χ0n) is 17.2. The molecule has 8 nitrogen and oxygen atoms in total. The average Bonchev–Trinajstić information content (AvgIpc) is 2.77. The molecule has 0 bridgehead atoms. The molecule has 0 atom stereocenters. The Balaban J connectivity index is 2.28. The summed E-state index contributed by atoms with van der Waals surface area (Å²) in [6, 6.07) is 11.6. The molecule has 2 rings (SSSR count). The van der Waals surface area contributed by atoms with Gasteiger partial charge >= 0.3 is 5.97 Å². The number of hydrogen-bond donors (Lipinski definition) is 1. The number of carbonyl (C=O) groups is 2. The molecule has 0 unspecified atom stereocenters. The van der Waals surface area contributed by atoms with Crippen LogP contribution in [0.25, 0.3) is 6.08 Å². The lowest BCUT2D eigenvalue weighted by molar-refractivity contribution is -0.142. The normalized spacial score (nSPS) is 10.6. The Kier molecular flexibility index (Phi) is 8.73. The molecule has 0 radical (unpaired) electrons. The van der Waals surface area contributed by atoms with Crippen molar-refractivity contribution < 1.29 is 28.5 Å². The number of rotatable bonds is 9. The number of anilines is 1. The topological polar surface area (TPSA) is 107 Å². The van der Waals surface area contributed by atoms with Crippen molar-refractivity contribution in [3.63, 3.8) is 0 Å². The fraction of sp³-hybridized carbons (Fsp3) is 0.227. The van der Waals surface area contributed by atoms with Gasteiger partial charge < -0.3 is 24.3 Å². The number of hydrogen-bond acceptors (Lipinski definition) is 7. The standard InChI is InChI=1S/C22H21ClN2O6/c1-4-30-19-11-14(10-18(23)21(19)31-13-20(26)29-3)9-15(12-24)22(27)25-16-5-7-17(28-2)8-6-16/h5-11H,4,13H2,1-3H3,(H,25,27)/b15-9+. The van der Waals surface area contributed by atoms with E-state index in [0.29, 0.717) is 23.6 Å². The van der Waals surface area contributed by atoms with Gasteiger partial charge in [-0.25, -0.2) is 4.79 Å². The van der Waals surface area contributed by atoms with Crippen LogP contribution in [-0.4, -0.2) is 39.3 Å². The first-order chi connectivity index (χ1) is 14.9. The second-order valence-corrected chi connectivity index (χ2v) is 6.39. The van der Waals surface area contributed by atoms with Crippen molar-refractivity contribution in [3.05, 3.63) is 52.6 Å². The maximum absolute atomic E-state index is 12.5. The van der Waals surface area contributed by atoms with E-state index in [-0.39, 0.29) is 28.7 Å². The van der Waals surface area contributed by atoms with Crippen LogP contribution in [0.2, 0.25) is 5.02 Å². The quantitative estimate of drug-likeness (QED) is 0.355. The number of nitrogens with one attached hydrogen (secondary N) is 1. The van der Waals surface area contributed by atoms with Crippen LogP contribution in [0.5, 0.6) is 17.2 Å². The van der Waals surface area contributed by atoms with E-state index < -0.39 is 11.9 Å². The molecule has 0 aliphatic rings. The van der Waals surface area contributed by atoms with Crippen molar-refractivity contribution >= 4 is 35.2 Å². The minimum atomic E-state index is -0.590. The van der Waals surface area contributed by atoms with E-state index >= 15 is 0 Å².